The van der Waals surface area contributed by atoms with Crippen molar-refractivity contribution in [3.8, 4) is 0 Å². The highest BCUT2D eigenvalue weighted by Gasteiger charge is 2.45. The first-order valence-electron chi connectivity index (χ1n) is 7.09. The summed E-state index contributed by atoms with van der Waals surface area (Å²) in [4.78, 5) is 14.3. The molecule has 22 heavy (non-hydrogen) atoms. The first-order valence-corrected chi connectivity index (χ1v) is 7.85. The number of nitrogens with zero attached hydrogens (tertiary/aromatic N) is 4. The fourth-order valence-corrected chi connectivity index (χ4v) is 4.09. The second-order valence-corrected chi connectivity index (χ2v) is 6.66. The molecule has 2 fully saturated rings. The molecule has 4 rings (SSSR count). The van der Waals surface area contributed by atoms with E-state index in [9.17, 15) is 9.50 Å². The summed E-state index contributed by atoms with van der Waals surface area (Å²) in [5.41, 5.74) is 0.620. The Hall–Kier alpha value is -1.24. The van der Waals surface area contributed by atoms with Crippen molar-refractivity contribution in [1.29, 1.82) is 0 Å². The molecule has 3 heterocycles. The van der Waals surface area contributed by atoms with E-state index in [1.807, 2.05) is 4.90 Å². The molecule has 1 aliphatic heterocycles. The van der Waals surface area contributed by atoms with E-state index in [2.05, 4.69) is 15.0 Å². The summed E-state index contributed by atoms with van der Waals surface area (Å²) < 4.78 is 14.3. The Morgan fingerprint density at radius 3 is 2.68 bits per heavy atom. The minimum absolute atomic E-state index is 0.0164. The molecule has 1 saturated carbocycles. The van der Waals surface area contributed by atoms with E-state index in [0.29, 0.717) is 22.8 Å². The Balaban J connectivity index is 1.97. The maximum atomic E-state index is 14.3. The molecular formula is C14H13Cl2FN4O. The fourth-order valence-electron chi connectivity index (χ4n) is 3.71. The summed E-state index contributed by atoms with van der Waals surface area (Å²) in [6.07, 6.45) is 1.32. The van der Waals surface area contributed by atoms with Crippen LogP contribution in [0.2, 0.25) is 10.4 Å². The number of anilines is 1. The molecule has 2 aliphatic rings. The van der Waals surface area contributed by atoms with Gasteiger partial charge in [-0.25, -0.2) is 14.4 Å². The fraction of sp³-hybridized carbons (Fsp3) is 0.500. The summed E-state index contributed by atoms with van der Waals surface area (Å²) in [5.74, 6) is 0.258. The molecule has 116 valence electrons. The number of rotatable bonds is 1. The van der Waals surface area contributed by atoms with Crippen LogP contribution in [-0.4, -0.2) is 38.7 Å². The Kier molecular flexibility index (Phi) is 3.18. The van der Waals surface area contributed by atoms with Gasteiger partial charge in [0.05, 0.1) is 23.2 Å². The maximum absolute atomic E-state index is 14.3. The maximum Gasteiger partial charge on any atom is 0.225 e. The molecule has 0 aromatic carbocycles. The lowest BCUT2D eigenvalue weighted by Crippen LogP contribution is -2.41. The predicted molar refractivity (Wildman–Crippen MR) is 81.9 cm³/mol. The number of piperidine rings is 1. The first-order chi connectivity index (χ1) is 10.5. The highest BCUT2D eigenvalue weighted by Crippen LogP contribution is 2.42. The average Bonchev–Trinajstić information content (AvgIpc) is 3.02. The second kappa shape index (κ2) is 4.88. The van der Waals surface area contributed by atoms with Gasteiger partial charge in [0.2, 0.25) is 5.28 Å². The molecule has 3 atom stereocenters. The predicted octanol–water partition coefficient (Wildman–Crippen LogP) is 2.74. The number of aliphatic hydroxyl groups is 1. The van der Waals surface area contributed by atoms with Crippen LogP contribution in [-0.2, 0) is 0 Å². The zero-order chi connectivity index (χ0) is 15.6. The van der Waals surface area contributed by atoms with Crippen LogP contribution in [0.15, 0.2) is 0 Å². The quantitative estimate of drug-likeness (QED) is 0.637. The standard InChI is InChI=1S/C14H13Cl2FN4O/c1-5-9-11(10(17)12(15)18-5)19-14(16)20-13(9)21-4-6-2-7(21)8(22)3-6/h6-8,22H,2-4H2,1H3. The molecule has 2 aromatic rings. The molecule has 1 N–H and O–H groups in total. The minimum Gasteiger partial charge on any atom is -0.391 e. The Labute approximate surface area is 136 Å². The van der Waals surface area contributed by atoms with Crippen LogP contribution in [0.4, 0.5) is 10.2 Å². The summed E-state index contributed by atoms with van der Waals surface area (Å²) in [5, 5.41) is 10.4. The van der Waals surface area contributed by atoms with Crippen molar-refractivity contribution in [2.45, 2.75) is 31.9 Å². The third-order valence-electron chi connectivity index (χ3n) is 4.60. The van der Waals surface area contributed by atoms with Crippen LogP contribution in [0.3, 0.4) is 0 Å². The van der Waals surface area contributed by atoms with Crippen molar-refractivity contribution in [3.63, 3.8) is 0 Å². The molecule has 1 aliphatic carbocycles. The zero-order valence-corrected chi connectivity index (χ0v) is 13.2. The third kappa shape index (κ3) is 1.97. The van der Waals surface area contributed by atoms with Gasteiger partial charge in [0.1, 0.15) is 11.3 Å². The van der Waals surface area contributed by atoms with Gasteiger partial charge < -0.3 is 10.0 Å². The van der Waals surface area contributed by atoms with Crippen LogP contribution in [0.5, 0.6) is 0 Å². The van der Waals surface area contributed by atoms with Crippen molar-refractivity contribution in [2.75, 3.05) is 11.4 Å². The lowest BCUT2D eigenvalue weighted by atomic mass is 10.1. The van der Waals surface area contributed by atoms with Gasteiger partial charge in [-0.15, -0.1) is 0 Å². The zero-order valence-electron chi connectivity index (χ0n) is 11.7. The summed E-state index contributed by atoms with van der Waals surface area (Å²) in [7, 11) is 0. The Bertz CT molecular complexity index is 787. The van der Waals surface area contributed by atoms with Gasteiger partial charge in [-0.1, -0.05) is 11.6 Å². The highest BCUT2D eigenvalue weighted by molar-refractivity contribution is 6.31. The number of hydrogen-bond donors (Lipinski definition) is 1. The first kappa shape index (κ1) is 14.4. The molecule has 2 bridgehead atoms. The number of aryl methyl sites for hydroxylation is 1. The molecule has 8 heteroatoms. The number of hydrogen-bond acceptors (Lipinski definition) is 5. The van der Waals surface area contributed by atoms with Crippen molar-refractivity contribution >= 4 is 39.9 Å². The minimum atomic E-state index is -0.697. The van der Waals surface area contributed by atoms with Crippen LogP contribution in [0.25, 0.3) is 10.9 Å². The second-order valence-electron chi connectivity index (χ2n) is 5.97. The van der Waals surface area contributed by atoms with Crippen LogP contribution in [0.1, 0.15) is 18.5 Å². The molecule has 5 nitrogen and oxygen atoms in total. The smallest absolute Gasteiger partial charge is 0.225 e. The summed E-state index contributed by atoms with van der Waals surface area (Å²) in [6, 6.07) is -0.0164. The van der Waals surface area contributed by atoms with Gasteiger partial charge in [0.15, 0.2) is 11.0 Å². The topological polar surface area (TPSA) is 62.1 Å². The van der Waals surface area contributed by atoms with Crippen LogP contribution in [0, 0.1) is 18.7 Å². The lowest BCUT2D eigenvalue weighted by molar-refractivity contribution is 0.146. The lowest BCUT2D eigenvalue weighted by Gasteiger charge is -2.32. The molecular weight excluding hydrogens is 330 g/mol. The number of aromatic nitrogens is 3. The summed E-state index contributed by atoms with van der Waals surface area (Å²) >= 11 is 11.8. The van der Waals surface area contributed by atoms with E-state index in [4.69, 9.17) is 23.2 Å². The van der Waals surface area contributed by atoms with E-state index in [1.54, 1.807) is 6.92 Å². The highest BCUT2D eigenvalue weighted by atomic mass is 35.5. The van der Waals surface area contributed by atoms with Gasteiger partial charge in [-0.3, -0.25) is 0 Å². The molecule has 0 spiro atoms. The molecule has 3 unspecified atom stereocenters. The van der Waals surface area contributed by atoms with Crippen molar-refractivity contribution in [3.05, 3.63) is 21.9 Å². The Morgan fingerprint density at radius 1 is 1.23 bits per heavy atom. The Morgan fingerprint density at radius 2 is 2.00 bits per heavy atom. The monoisotopic (exact) mass is 342 g/mol. The van der Waals surface area contributed by atoms with E-state index in [-0.39, 0.29) is 22.0 Å². The van der Waals surface area contributed by atoms with E-state index >= 15 is 0 Å². The van der Waals surface area contributed by atoms with Crippen molar-refractivity contribution in [2.24, 2.45) is 5.92 Å². The third-order valence-corrected chi connectivity index (χ3v) is 5.02. The number of halogens is 3. The largest absolute Gasteiger partial charge is 0.391 e. The molecule has 0 radical (unpaired) electrons. The molecule has 2 aromatic heterocycles. The average molecular weight is 343 g/mol. The van der Waals surface area contributed by atoms with Gasteiger partial charge >= 0.3 is 0 Å². The van der Waals surface area contributed by atoms with E-state index < -0.39 is 11.9 Å². The van der Waals surface area contributed by atoms with Crippen LogP contribution < -0.4 is 4.90 Å². The van der Waals surface area contributed by atoms with E-state index in [0.717, 1.165) is 19.4 Å². The SMILES string of the molecule is Cc1nc(Cl)c(F)c2nc(Cl)nc(N3CC4CC(O)C3C4)c12. The van der Waals surface area contributed by atoms with Crippen molar-refractivity contribution in [1.82, 2.24) is 15.0 Å². The molecule has 1 saturated heterocycles. The van der Waals surface area contributed by atoms with Gasteiger partial charge in [0.25, 0.3) is 0 Å². The number of pyridine rings is 1. The van der Waals surface area contributed by atoms with Gasteiger partial charge in [-0.2, -0.15) is 4.98 Å². The van der Waals surface area contributed by atoms with Gasteiger partial charge in [-0.05, 0) is 37.3 Å². The molecule has 0 amide bonds. The number of fused-ring (bicyclic) bond motifs is 3. The normalized spacial score (nSPS) is 27.1. The van der Waals surface area contributed by atoms with Crippen molar-refractivity contribution < 1.29 is 9.50 Å². The summed E-state index contributed by atoms with van der Waals surface area (Å²) in [6.45, 7) is 2.51. The number of aliphatic hydroxyl groups excluding tert-OH is 1. The van der Waals surface area contributed by atoms with Crippen LogP contribution >= 0.6 is 23.2 Å². The van der Waals surface area contributed by atoms with E-state index in [1.165, 1.54) is 0 Å². The van der Waals surface area contributed by atoms with Gasteiger partial charge in [0, 0.05) is 6.54 Å².